The number of Topliss-reactive ketones (excluding diaryl/α,β-unsaturated/α-hetero) is 1. The molecule has 2 saturated heterocycles. The molecule has 1 amide bonds. The van der Waals surface area contributed by atoms with E-state index in [9.17, 15) is 9.59 Å². The average molecular weight is 544 g/mol. The van der Waals surface area contributed by atoms with Crippen LogP contribution in [0.25, 0.3) is 17.0 Å². The molecule has 3 aliphatic rings. The Hall–Kier alpha value is -3.46. The fourth-order valence-corrected chi connectivity index (χ4v) is 6.24. The molecule has 2 fully saturated rings. The molecule has 210 valence electrons. The van der Waals surface area contributed by atoms with Gasteiger partial charge in [-0.1, -0.05) is 24.3 Å². The van der Waals surface area contributed by atoms with Crippen LogP contribution in [0.3, 0.4) is 0 Å². The molecule has 40 heavy (non-hydrogen) atoms. The van der Waals surface area contributed by atoms with Gasteiger partial charge >= 0.3 is 0 Å². The molecule has 2 N–H and O–H groups in total. The van der Waals surface area contributed by atoms with Crippen LogP contribution in [0, 0.1) is 0 Å². The van der Waals surface area contributed by atoms with Crippen LogP contribution in [0.2, 0.25) is 0 Å². The van der Waals surface area contributed by atoms with Gasteiger partial charge in [0, 0.05) is 55.2 Å². The maximum Gasteiger partial charge on any atom is 0.267 e. The van der Waals surface area contributed by atoms with Gasteiger partial charge in [-0.25, -0.2) is 10.3 Å². The summed E-state index contributed by atoms with van der Waals surface area (Å²) in [5.41, 5.74) is 5.74. The van der Waals surface area contributed by atoms with Crippen LogP contribution in [-0.4, -0.2) is 53.2 Å². The summed E-state index contributed by atoms with van der Waals surface area (Å²) in [5, 5.41) is 1.26. The number of likely N-dealkylation sites (tertiary alicyclic amines) is 1. The van der Waals surface area contributed by atoms with Crippen LogP contribution in [-0.2, 0) is 14.4 Å². The van der Waals surface area contributed by atoms with E-state index in [2.05, 4.69) is 52.8 Å². The van der Waals surface area contributed by atoms with E-state index in [0.29, 0.717) is 24.3 Å². The highest BCUT2D eigenvalue weighted by molar-refractivity contribution is 6.01. The molecule has 3 aliphatic heterocycles. The molecule has 1 aromatic heterocycles. The number of ether oxygens (including phenoxy) is 2. The van der Waals surface area contributed by atoms with E-state index in [1.807, 2.05) is 18.2 Å². The minimum Gasteiger partial charge on any atom is -0.486 e. The van der Waals surface area contributed by atoms with Gasteiger partial charge in [-0.05, 0) is 74.6 Å². The van der Waals surface area contributed by atoms with E-state index in [1.54, 1.807) is 6.08 Å². The van der Waals surface area contributed by atoms with Crippen molar-refractivity contribution in [2.24, 2.45) is 0 Å². The van der Waals surface area contributed by atoms with E-state index in [1.165, 1.54) is 17.0 Å². The second-order valence-electron chi connectivity index (χ2n) is 11.2. The maximum absolute atomic E-state index is 13.4. The Morgan fingerprint density at radius 3 is 2.95 bits per heavy atom. The lowest BCUT2D eigenvalue weighted by Crippen LogP contribution is -2.43. The number of nitrogens with zero attached hydrogens (tertiary/aromatic N) is 1. The lowest BCUT2D eigenvalue weighted by molar-refractivity contribution is -0.198. The Labute approximate surface area is 234 Å². The molecule has 2 aromatic carbocycles. The summed E-state index contributed by atoms with van der Waals surface area (Å²) in [6.45, 7) is 4.74. The highest BCUT2D eigenvalue weighted by Gasteiger charge is 2.42. The molecule has 0 radical (unpaired) electrons. The third-order valence-electron chi connectivity index (χ3n) is 8.52. The molecule has 8 nitrogen and oxygen atoms in total. The molecule has 4 heterocycles. The van der Waals surface area contributed by atoms with Crippen molar-refractivity contribution in [1.82, 2.24) is 15.4 Å². The minimum absolute atomic E-state index is 0.0943. The minimum atomic E-state index is -0.478. The summed E-state index contributed by atoms with van der Waals surface area (Å²) in [4.78, 5) is 36.8. The van der Waals surface area contributed by atoms with Crippen LogP contribution in [0.15, 0.2) is 54.7 Å². The summed E-state index contributed by atoms with van der Waals surface area (Å²) in [6, 6.07) is 14.2. The second-order valence-corrected chi connectivity index (χ2v) is 11.2. The van der Waals surface area contributed by atoms with Crippen molar-refractivity contribution in [3.05, 3.63) is 71.4 Å². The number of H-pyrrole nitrogens is 1. The van der Waals surface area contributed by atoms with Gasteiger partial charge in [-0.15, -0.1) is 0 Å². The topological polar surface area (TPSA) is 92.9 Å². The van der Waals surface area contributed by atoms with Crippen LogP contribution < -0.4 is 10.2 Å². The fourth-order valence-electron chi connectivity index (χ4n) is 6.24. The zero-order chi connectivity index (χ0) is 27.5. The molecule has 0 aliphatic carbocycles. The summed E-state index contributed by atoms with van der Waals surface area (Å²) in [7, 11) is 0. The van der Waals surface area contributed by atoms with Gasteiger partial charge in [0.25, 0.3) is 5.91 Å². The van der Waals surface area contributed by atoms with Gasteiger partial charge in [-0.2, -0.15) is 0 Å². The number of fused-ring (bicyclic) bond motifs is 2. The van der Waals surface area contributed by atoms with Crippen molar-refractivity contribution in [1.29, 1.82) is 0 Å². The highest BCUT2D eigenvalue weighted by Crippen LogP contribution is 2.41. The first-order valence-corrected chi connectivity index (χ1v) is 14.4. The van der Waals surface area contributed by atoms with Crippen LogP contribution >= 0.6 is 0 Å². The highest BCUT2D eigenvalue weighted by atomic mass is 16.8. The predicted molar refractivity (Wildman–Crippen MR) is 153 cm³/mol. The molecule has 8 heteroatoms. The first kappa shape index (κ1) is 26.7. The summed E-state index contributed by atoms with van der Waals surface area (Å²) >= 11 is 0. The fraction of sp³-hybridized carbons (Fsp3) is 0.438. The average Bonchev–Trinajstić information content (AvgIpc) is 3.31. The quantitative estimate of drug-likeness (QED) is 0.306. The van der Waals surface area contributed by atoms with E-state index in [4.69, 9.17) is 14.3 Å². The SMILES string of the molecule is CC(c1c[nH]c2ccccc12)N1CCCC2(CC1)CC(=O)c1cc(/C=C/C(=O)NOC3CCCCO3)ccc1O2. The number of nitrogens with one attached hydrogen (secondary N) is 2. The predicted octanol–water partition coefficient (Wildman–Crippen LogP) is 5.71. The van der Waals surface area contributed by atoms with Crippen LogP contribution in [0.5, 0.6) is 5.75 Å². The van der Waals surface area contributed by atoms with Crippen molar-refractivity contribution >= 4 is 28.7 Å². The third kappa shape index (κ3) is 5.70. The number of aromatic nitrogens is 1. The standard InChI is InChI=1S/C32H37N3O5/c1-22(26-21-33-27-8-3-2-7-24(26)27)35-16-6-14-32(15-17-35)20-28(36)25-19-23(10-12-29(25)39-32)11-13-30(37)34-40-31-9-4-5-18-38-31/h2-3,7-8,10-13,19,21-22,31,33H,4-6,9,14-18,20H2,1H3,(H,34,37)/b13-11+. The number of amides is 1. The summed E-state index contributed by atoms with van der Waals surface area (Å²) in [6.07, 6.45) is 10.6. The van der Waals surface area contributed by atoms with E-state index < -0.39 is 11.9 Å². The number of carbonyl (C=O) groups excluding carboxylic acids is 2. The zero-order valence-electron chi connectivity index (χ0n) is 23.0. The number of hydroxylamine groups is 1. The first-order valence-electron chi connectivity index (χ1n) is 14.4. The first-order chi connectivity index (χ1) is 19.5. The number of hydrogen-bond donors (Lipinski definition) is 2. The molecule has 3 aromatic rings. The number of aromatic amines is 1. The van der Waals surface area contributed by atoms with Gasteiger partial charge in [-0.3, -0.25) is 14.5 Å². The van der Waals surface area contributed by atoms with E-state index in [0.717, 1.165) is 62.7 Å². The van der Waals surface area contributed by atoms with Crippen molar-refractivity contribution in [3.8, 4) is 5.75 Å². The lowest BCUT2D eigenvalue weighted by Gasteiger charge is -2.38. The number of carbonyl (C=O) groups is 2. The zero-order valence-corrected chi connectivity index (χ0v) is 23.0. The molecule has 3 atom stereocenters. The molecule has 0 bridgehead atoms. The normalized spacial score (nSPS) is 24.5. The molecule has 3 unspecified atom stereocenters. The van der Waals surface area contributed by atoms with Crippen molar-refractivity contribution in [2.45, 2.75) is 69.8 Å². The monoisotopic (exact) mass is 543 g/mol. The smallest absolute Gasteiger partial charge is 0.267 e. The van der Waals surface area contributed by atoms with E-state index in [-0.39, 0.29) is 17.7 Å². The molecule has 0 saturated carbocycles. The van der Waals surface area contributed by atoms with E-state index >= 15 is 0 Å². The number of rotatable bonds is 6. The van der Waals surface area contributed by atoms with Gasteiger partial charge in [0.2, 0.25) is 0 Å². The van der Waals surface area contributed by atoms with Gasteiger partial charge in [0.1, 0.15) is 11.4 Å². The Bertz CT molecular complexity index is 1410. The lowest BCUT2D eigenvalue weighted by atomic mass is 9.84. The number of hydrogen-bond acceptors (Lipinski definition) is 6. The third-order valence-corrected chi connectivity index (χ3v) is 8.52. The Kier molecular flexibility index (Phi) is 7.74. The molecule has 1 spiro atoms. The Morgan fingerprint density at radius 1 is 1.18 bits per heavy atom. The number of para-hydroxylation sites is 1. The maximum atomic E-state index is 13.4. The van der Waals surface area contributed by atoms with Gasteiger partial charge in [0.15, 0.2) is 12.1 Å². The molecular weight excluding hydrogens is 506 g/mol. The summed E-state index contributed by atoms with van der Waals surface area (Å²) < 4.78 is 12.0. The largest absolute Gasteiger partial charge is 0.486 e. The van der Waals surface area contributed by atoms with Crippen LogP contribution in [0.4, 0.5) is 0 Å². The Morgan fingerprint density at radius 2 is 2.08 bits per heavy atom. The van der Waals surface area contributed by atoms with Gasteiger partial charge in [0.05, 0.1) is 12.0 Å². The number of ketones is 1. The van der Waals surface area contributed by atoms with Crippen molar-refractivity contribution in [3.63, 3.8) is 0 Å². The van der Waals surface area contributed by atoms with Crippen molar-refractivity contribution < 1.29 is 23.9 Å². The van der Waals surface area contributed by atoms with Crippen LogP contribution in [0.1, 0.15) is 79.4 Å². The Balaban J connectivity index is 1.09. The molecular formula is C32H37N3O5. The second kappa shape index (κ2) is 11.6. The van der Waals surface area contributed by atoms with Gasteiger partial charge < -0.3 is 14.5 Å². The number of benzene rings is 2. The summed E-state index contributed by atoms with van der Waals surface area (Å²) in [5.74, 6) is 0.351. The molecule has 6 rings (SSSR count). The van der Waals surface area contributed by atoms with Crippen molar-refractivity contribution in [2.75, 3.05) is 19.7 Å².